The summed E-state index contributed by atoms with van der Waals surface area (Å²) in [6, 6.07) is 0. The van der Waals surface area contributed by atoms with Gasteiger partial charge in [0.2, 0.25) is 0 Å². The average molecular weight is 361 g/mol. The van der Waals surface area contributed by atoms with Crippen LogP contribution in [0.15, 0.2) is 0 Å². The van der Waals surface area contributed by atoms with Gasteiger partial charge in [0.25, 0.3) is 0 Å². The third-order valence-electron chi connectivity index (χ3n) is 9.87. The first-order valence-electron chi connectivity index (χ1n) is 11.2. The Balaban J connectivity index is 1.58. The maximum atomic E-state index is 12.4. The number of carbonyl (C=O) groups is 1. The monoisotopic (exact) mass is 360 g/mol. The number of Topliss-reactive ketones (excluding diaryl/α,β-unsaturated/α-hetero) is 1. The molecule has 3 heteroatoms. The quantitative estimate of drug-likeness (QED) is 0.662. The van der Waals surface area contributed by atoms with E-state index >= 15 is 0 Å². The van der Waals surface area contributed by atoms with Crippen LogP contribution in [0.25, 0.3) is 0 Å². The molecule has 1 aliphatic heterocycles. The number of ether oxygens (including phenoxy) is 2. The fourth-order valence-electron chi connectivity index (χ4n) is 8.67. The largest absolute Gasteiger partial charge is 0.347 e. The summed E-state index contributed by atoms with van der Waals surface area (Å²) >= 11 is 0. The van der Waals surface area contributed by atoms with Crippen molar-refractivity contribution < 1.29 is 14.3 Å². The summed E-state index contributed by atoms with van der Waals surface area (Å²) in [5.74, 6) is 2.87. The van der Waals surface area contributed by atoms with Crippen LogP contribution in [0.2, 0.25) is 0 Å². The molecular weight excluding hydrogens is 324 g/mol. The standard InChI is InChI=1S/C23H36O3/c1-15(24)17-7-8-18-20-19(9-11-22(17,18)3)21(2)10-5-4-6-16(21)14-23(20)25-12-13-26-23/h16-20H,4-14H2,1-3H3. The molecule has 1 saturated heterocycles. The van der Waals surface area contributed by atoms with E-state index < -0.39 is 0 Å². The van der Waals surface area contributed by atoms with Crippen molar-refractivity contribution >= 4 is 5.78 Å². The minimum absolute atomic E-state index is 0.160. The SMILES string of the molecule is CC(=O)C1CCC2C3C(CCC12C)C1(C)CCCCC1CC31OCCO1. The van der Waals surface area contributed by atoms with E-state index in [0.29, 0.717) is 29.0 Å². The Morgan fingerprint density at radius 2 is 1.62 bits per heavy atom. The van der Waals surface area contributed by atoms with E-state index in [9.17, 15) is 4.79 Å². The molecule has 0 N–H and O–H groups in total. The van der Waals surface area contributed by atoms with Crippen LogP contribution in [0.1, 0.15) is 78.6 Å². The van der Waals surface area contributed by atoms with E-state index in [4.69, 9.17) is 9.47 Å². The number of fused-ring (bicyclic) bond motifs is 6. The first-order chi connectivity index (χ1) is 12.4. The summed E-state index contributed by atoms with van der Waals surface area (Å²) in [6.07, 6.45) is 11.4. The van der Waals surface area contributed by atoms with Gasteiger partial charge in [0, 0.05) is 18.3 Å². The van der Waals surface area contributed by atoms with Gasteiger partial charge in [-0.3, -0.25) is 4.79 Å². The van der Waals surface area contributed by atoms with E-state index in [2.05, 4.69) is 13.8 Å². The zero-order valence-electron chi connectivity index (χ0n) is 16.9. The van der Waals surface area contributed by atoms with Gasteiger partial charge in [-0.1, -0.05) is 26.7 Å². The molecule has 0 aromatic heterocycles. The fourth-order valence-corrected chi connectivity index (χ4v) is 8.67. The molecule has 4 aliphatic carbocycles. The van der Waals surface area contributed by atoms with Gasteiger partial charge in [0.05, 0.1) is 13.2 Å². The zero-order chi connectivity index (χ0) is 18.2. The van der Waals surface area contributed by atoms with Gasteiger partial charge in [-0.05, 0) is 74.0 Å². The predicted molar refractivity (Wildman–Crippen MR) is 101 cm³/mol. The Kier molecular flexibility index (Phi) is 3.94. The molecule has 0 aromatic rings. The van der Waals surface area contributed by atoms with Crippen LogP contribution in [-0.2, 0) is 14.3 Å². The lowest BCUT2D eigenvalue weighted by Crippen LogP contribution is -2.63. The second kappa shape index (κ2) is 5.80. The lowest BCUT2D eigenvalue weighted by Gasteiger charge is -2.64. The number of hydrogen-bond donors (Lipinski definition) is 0. The molecule has 7 unspecified atom stereocenters. The summed E-state index contributed by atoms with van der Waals surface area (Å²) in [4.78, 5) is 12.4. The molecule has 1 spiro atoms. The van der Waals surface area contributed by atoms with E-state index in [-0.39, 0.29) is 17.1 Å². The van der Waals surface area contributed by atoms with Crippen LogP contribution < -0.4 is 0 Å². The second-order valence-corrected chi connectivity index (χ2v) is 10.7. The van der Waals surface area contributed by atoms with Gasteiger partial charge in [0.1, 0.15) is 5.78 Å². The Morgan fingerprint density at radius 3 is 2.35 bits per heavy atom. The van der Waals surface area contributed by atoms with Gasteiger partial charge < -0.3 is 9.47 Å². The van der Waals surface area contributed by atoms with Crippen molar-refractivity contribution in [2.45, 2.75) is 84.3 Å². The highest BCUT2D eigenvalue weighted by Crippen LogP contribution is 2.70. The van der Waals surface area contributed by atoms with Crippen LogP contribution in [0.3, 0.4) is 0 Å². The molecule has 5 rings (SSSR count). The van der Waals surface area contributed by atoms with Gasteiger partial charge >= 0.3 is 0 Å². The predicted octanol–water partition coefficient (Wildman–Crippen LogP) is 4.98. The molecule has 26 heavy (non-hydrogen) atoms. The van der Waals surface area contributed by atoms with E-state index in [1.807, 2.05) is 6.92 Å². The van der Waals surface area contributed by atoms with Gasteiger partial charge in [0.15, 0.2) is 5.79 Å². The molecule has 1 heterocycles. The van der Waals surface area contributed by atoms with Crippen molar-refractivity contribution in [2.24, 2.45) is 40.4 Å². The summed E-state index contributed by atoms with van der Waals surface area (Å²) in [6.45, 7) is 8.35. The third kappa shape index (κ3) is 2.16. The van der Waals surface area contributed by atoms with Crippen LogP contribution in [0, 0.1) is 40.4 Å². The van der Waals surface area contributed by atoms with Crippen LogP contribution in [0.5, 0.6) is 0 Å². The van der Waals surface area contributed by atoms with Crippen molar-refractivity contribution in [1.29, 1.82) is 0 Å². The molecule has 146 valence electrons. The number of carbonyl (C=O) groups excluding carboxylic acids is 1. The first-order valence-corrected chi connectivity index (χ1v) is 11.2. The number of hydrogen-bond acceptors (Lipinski definition) is 3. The molecule has 5 aliphatic rings. The zero-order valence-corrected chi connectivity index (χ0v) is 16.9. The smallest absolute Gasteiger partial charge is 0.172 e. The molecule has 4 saturated carbocycles. The van der Waals surface area contributed by atoms with Gasteiger partial charge in [-0.2, -0.15) is 0 Å². The molecule has 5 fully saturated rings. The van der Waals surface area contributed by atoms with Crippen LogP contribution in [-0.4, -0.2) is 24.8 Å². The van der Waals surface area contributed by atoms with Crippen LogP contribution >= 0.6 is 0 Å². The molecule has 0 radical (unpaired) electrons. The van der Waals surface area contributed by atoms with E-state index in [0.717, 1.165) is 32.0 Å². The molecule has 3 nitrogen and oxygen atoms in total. The normalized spacial score (nSPS) is 52.3. The lowest BCUT2D eigenvalue weighted by atomic mass is 9.43. The summed E-state index contributed by atoms with van der Waals surface area (Å²) in [5.41, 5.74) is 0.617. The first kappa shape index (κ1) is 17.7. The fraction of sp³-hybridized carbons (Fsp3) is 0.957. The highest BCUT2D eigenvalue weighted by atomic mass is 16.7. The van der Waals surface area contributed by atoms with Crippen molar-refractivity contribution in [3.63, 3.8) is 0 Å². The molecule has 7 atom stereocenters. The second-order valence-electron chi connectivity index (χ2n) is 10.7. The number of ketones is 1. The average Bonchev–Trinajstić information content (AvgIpc) is 3.20. The Hall–Kier alpha value is -0.410. The molecular formula is C23H36O3. The molecule has 0 bridgehead atoms. The Bertz CT molecular complexity index is 594. The Morgan fingerprint density at radius 1 is 0.885 bits per heavy atom. The minimum Gasteiger partial charge on any atom is -0.347 e. The third-order valence-corrected chi connectivity index (χ3v) is 9.87. The van der Waals surface area contributed by atoms with E-state index in [1.165, 1.54) is 44.9 Å². The Labute approximate surface area is 158 Å². The van der Waals surface area contributed by atoms with Gasteiger partial charge in [-0.15, -0.1) is 0 Å². The maximum absolute atomic E-state index is 12.4. The maximum Gasteiger partial charge on any atom is 0.172 e. The van der Waals surface area contributed by atoms with Crippen molar-refractivity contribution in [1.82, 2.24) is 0 Å². The van der Waals surface area contributed by atoms with Crippen LogP contribution in [0.4, 0.5) is 0 Å². The highest BCUT2D eigenvalue weighted by molar-refractivity contribution is 5.79. The molecule has 0 aromatic carbocycles. The van der Waals surface area contributed by atoms with Gasteiger partial charge in [-0.25, -0.2) is 0 Å². The molecule has 0 amide bonds. The summed E-state index contributed by atoms with van der Waals surface area (Å²) in [5, 5.41) is 0. The van der Waals surface area contributed by atoms with E-state index in [1.54, 1.807) is 0 Å². The lowest BCUT2D eigenvalue weighted by molar-refractivity contribution is -0.297. The summed E-state index contributed by atoms with van der Waals surface area (Å²) in [7, 11) is 0. The number of rotatable bonds is 1. The van der Waals surface area contributed by atoms with Crippen molar-refractivity contribution in [3.8, 4) is 0 Å². The summed E-state index contributed by atoms with van der Waals surface area (Å²) < 4.78 is 13.0. The van der Waals surface area contributed by atoms with Crippen molar-refractivity contribution in [3.05, 3.63) is 0 Å². The highest BCUT2D eigenvalue weighted by Gasteiger charge is 2.68. The van der Waals surface area contributed by atoms with Crippen molar-refractivity contribution in [2.75, 3.05) is 13.2 Å². The topological polar surface area (TPSA) is 35.5 Å². The minimum atomic E-state index is -0.343.